The summed E-state index contributed by atoms with van der Waals surface area (Å²) in [6.07, 6.45) is 4.83. The van der Waals surface area contributed by atoms with E-state index < -0.39 is 12.1 Å². The quantitative estimate of drug-likeness (QED) is 0.898. The molecule has 0 amide bonds. The fourth-order valence-corrected chi connectivity index (χ4v) is 2.92. The fraction of sp³-hybridized carbons (Fsp3) is 0.600. The Labute approximate surface area is 125 Å². The van der Waals surface area contributed by atoms with Gasteiger partial charge in [-0.25, -0.2) is 4.39 Å². The van der Waals surface area contributed by atoms with Crippen LogP contribution in [0.1, 0.15) is 43.7 Å². The van der Waals surface area contributed by atoms with E-state index in [-0.39, 0.29) is 24.1 Å². The van der Waals surface area contributed by atoms with Crippen LogP contribution in [-0.4, -0.2) is 18.3 Å². The molecule has 114 valence electrons. The van der Waals surface area contributed by atoms with Crippen molar-refractivity contribution in [2.45, 2.75) is 44.2 Å². The molecule has 0 radical (unpaired) electrons. The van der Waals surface area contributed by atoms with E-state index in [9.17, 15) is 9.50 Å². The summed E-state index contributed by atoms with van der Waals surface area (Å²) in [5, 5.41) is 10.4. The smallest absolute Gasteiger partial charge is 0.123 e. The summed E-state index contributed by atoms with van der Waals surface area (Å²) >= 11 is 0. The second-order valence-corrected chi connectivity index (χ2v) is 5.30. The topological polar surface area (TPSA) is 55.5 Å². The molecule has 3 nitrogen and oxygen atoms in total. The third-order valence-electron chi connectivity index (χ3n) is 4.05. The van der Waals surface area contributed by atoms with Gasteiger partial charge in [0.25, 0.3) is 0 Å². The van der Waals surface area contributed by atoms with Gasteiger partial charge in [-0.05, 0) is 37.0 Å². The van der Waals surface area contributed by atoms with Crippen molar-refractivity contribution < 1.29 is 14.2 Å². The van der Waals surface area contributed by atoms with Crippen LogP contribution in [0.4, 0.5) is 4.39 Å². The lowest BCUT2D eigenvalue weighted by atomic mass is 9.81. The summed E-state index contributed by atoms with van der Waals surface area (Å²) in [5.41, 5.74) is 6.66. The molecule has 1 aliphatic carbocycles. The Balaban J connectivity index is 0.00000200. The van der Waals surface area contributed by atoms with Crippen LogP contribution in [0.5, 0.6) is 5.75 Å². The van der Waals surface area contributed by atoms with Crippen LogP contribution < -0.4 is 10.5 Å². The Morgan fingerprint density at radius 2 is 1.95 bits per heavy atom. The highest BCUT2D eigenvalue weighted by molar-refractivity contribution is 5.85. The van der Waals surface area contributed by atoms with Gasteiger partial charge in [0.05, 0.1) is 19.3 Å². The Kier molecular flexibility index (Phi) is 6.72. The molecular weight excluding hydrogens is 281 g/mol. The average Bonchev–Trinajstić information content (AvgIpc) is 2.46. The van der Waals surface area contributed by atoms with Crippen LogP contribution in [0.2, 0.25) is 0 Å². The van der Waals surface area contributed by atoms with Crippen molar-refractivity contribution in [1.82, 2.24) is 0 Å². The van der Waals surface area contributed by atoms with Gasteiger partial charge in [0.1, 0.15) is 11.6 Å². The molecule has 1 saturated carbocycles. The van der Waals surface area contributed by atoms with Crippen molar-refractivity contribution >= 4 is 12.4 Å². The zero-order valence-electron chi connectivity index (χ0n) is 11.7. The zero-order valence-corrected chi connectivity index (χ0v) is 12.5. The molecule has 3 N–H and O–H groups in total. The SMILES string of the molecule is COc1ccc(F)cc1[C@H](N)[C@H](O)C1CCCCC1.Cl. The molecule has 20 heavy (non-hydrogen) atoms. The van der Waals surface area contributed by atoms with Gasteiger partial charge in [0.15, 0.2) is 0 Å². The average molecular weight is 304 g/mol. The van der Waals surface area contributed by atoms with Crippen LogP contribution in [0, 0.1) is 11.7 Å². The summed E-state index contributed by atoms with van der Waals surface area (Å²) in [4.78, 5) is 0. The molecule has 0 aromatic heterocycles. The number of hydrogen-bond acceptors (Lipinski definition) is 3. The first-order valence-electron chi connectivity index (χ1n) is 6.90. The molecule has 5 heteroatoms. The summed E-state index contributed by atoms with van der Waals surface area (Å²) in [6.45, 7) is 0. The predicted molar refractivity (Wildman–Crippen MR) is 79.7 cm³/mol. The molecule has 1 fully saturated rings. The number of methoxy groups -OCH3 is 1. The maximum atomic E-state index is 13.4. The van der Waals surface area contributed by atoms with E-state index in [1.807, 2.05) is 0 Å². The van der Waals surface area contributed by atoms with E-state index in [0.29, 0.717) is 11.3 Å². The molecule has 2 atom stereocenters. The largest absolute Gasteiger partial charge is 0.496 e. The van der Waals surface area contributed by atoms with E-state index in [2.05, 4.69) is 0 Å². The van der Waals surface area contributed by atoms with Crippen molar-refractivity contribution in [2.24, 2.45) is 11.7 Å². The number of hydrogen-bond donors (Lipinski definition) is 2. The van der Waals surface area contributed by atoms with Crippen molar-refractivity contribution in [1.29, 1.82) is 0 Å². The molecule has 1 aromatic carbocycles. The Morgan fingerprint density at radius 3 is 2.55 bits per heavy atom. The second-order valence-electron chi connectivity index (χ2n) is 5.30. The number of aliphatic hydroxyl groups is 1. The second kappa shape index (κ2) is 7.81. The van der Waals surface area contributed by atoms with Gasteiger partial charge < -0.3 is 15.6 Å². The molecule has 1 aliphatic rings. The maximum Gasteiger partial charge on any atom is 0.123 e. The molecule has 0 saturated heterocycles. The molecule has 0 unspecified atom stereocenters. The lowest BCUT2D eigenvalue weighted by molar-refractivity contribution is 0.0610. The maximum absolute atomic E-state index is 13.4. The summed E-state index contributed by atoms with van der Waals surface area (Å²) in [6, 6.07) is 3.64. The molecule has 0 heterocycles. The molecule has 0 bridgehead atoms. The Bertz CT molecular complexity index is 424. The van der Waals surface area contributed by atoms with Crippen molar-refractivity contribution in [3.63, 3.8) is 0 Å². The van der Waals surface area contributed by atoms with Crippen LogP contribution in [0.15, 0.2) is 18.2 Å². The highest BCUT2D eigenvalue weighted by Gasteiger charge is 2.29. The van der Waals surface area contributed by atoms with Crippen molar-refractivity contribution in [2.75, 3.05) is 7.11 Å². The fourth-order valence-electron chi connectivity index (χ4n) is 2.92. The first-order chi connectivity index (χ1) is 9.13. The third kappa shape index (κ3) is 3.84. The highest BCUT2D eigenvalue weighted by Crippen LogP contribution is 2.34. The number of nitrogens with two attached hydrogens (primary N) is 1. The number of aliphatic hydroxyl groups excluding tert-OH is 1. The van der Waals surface area contributed by atoms with Crippen LogP contribution >= 0.6 is 12.4 Å². The van der Waals surface area contributed by atoms with Crippen LogP contribution in [0.3, 0.4) is 0 Å². The molecule has 2 rings (SSSR count). The van der Waals surface area contributed by atoms with E-state index in [1.54, 1.807) is 6.07 Å². The first-order valence-corrected chi connectivity index (χ1v) is 6.90. The number of benzene rings is 1. The minimum atomic E-state index is -0.643. The van der Waals surface area contributed by atoms with Crippen LogP contribution in [0.25, 0.3) is 0 Å². The van der Waals surface area contributed by atoms with Gasteiger partial charge in [-0.2, -0.15) is 0 Å². The van der Waals surface area contributed by atoms with Gasteiger partial charge in [0.2, 0.25) is 0 Å². The summed E-state index contributed by atoms with van der Waals surface area (Å²) in [7, 11) is 1.52. The highest BCUT2D eigenvalue weighted by atomic mass is 35.5. The minimum absolute atomic E-state index is 0. The van der Waals surface area contributed by atoms with E-state index >= 15 is 0 Å². The molecule has 0 spiro atoms. The monoisotopic (exact) mass is 303 g/mol. The van der Waals surface area contributed by atoms with E-state index in [4.69, 9.17) is 10.5 Å². The van der Waals surface area contributed by atoms with Gasteiger partial charge in [-0.1, -0.05) is 19.3 Å². The minimum Gasteiger partial charge on any atom is -0.496 e. The zero-order chi connectivity index (χ0) is 13.8. The Morgan fingerprint density at radius 1 is 1.30 bits per heavy atom. The lowest BCUT2D eigenvalue weighted by Crippen LogP contribution is -2.34. The van der Waals surface area contributed by atoms with Crippen LogP contribution in [-0.2, 0) is 0 Å². The standard InChI is InChI=1S/C15H22FNO2.ClH/c1-19-13-8-7-11(16)9-12(13)14(17)15(18)10-5-3-2-4-6-10;/h7-10,14-15,18H,2-6,17H2,1H3;1H/t14-,15+;/m0./s1. The summed E-state index contributed by atoms with van der Waals surface area (Å²) < 4.78 is 18.6. The number of ether oxygens (including phenoxy) is 1. The van der Waals surface area contributed by atoms with E-state index in [0.717, 1.165) is 25.7 Å². The third-order valence-corrected chi connectivity index (χ3v) is 4.05. The van der Waals surface area contributed by atoms with Gasteiger partial charge in [-0.3, -0.25) is 0 Å². The first kappa shape index (κ1) is 17.2. The molecule has 1 aromatic rings. The summed E-state index contributed by atoms with van der Waals surface area (Å²) in [5.74, 6) is 0.377. The lowest BCUT2D eigenvalue weighted by Gasteiger charge is -2.31. The normalized spacial score (nSPS) is 19.0. The molecule has 0 aliphatic heterocycles. The Hall–Kier alpha value is -0.840. The van der Waals surface area contributed by atoms with Gasteiger partial charge in [0, 0.05) is 5.56 Å². The van der Waals surface area contributed by atoms with E-state index in [1.165, 1.54) is 25.7 Å². The van der Waals surface area contributed by atoms with Crippen molar-refractivity contribution in [3.8, 4) is 5.75 Å². The number of halogens is 2. The van der Waals surface area contributed by atoms with Gasteiger partial charge in [-0.15, -0.1) is 12.4 Å². The predicted octanol–water partition coefficient (Wildman–Crippen LogP) is 3.20. The van der Waals surface area contributed by atoms with Crippen molar-refractivity contribution in [3.05, 3.63) is 29.6 Å². The number of rotatable bonds is 4. The molecular formula is C15H23ClFNO2. The van der Waals surface area contributed by atoms with Gasteiger partial charge >= 0.3 is 0 Å².